The van der Waals surface area contributed by atoms with Crippen molar-refractivity contribution < 1.29 is 23.7 Å². The Balaban J connectivity index is 1.66. The van der Waals surface area contributed by atoms with Gasteiger partial charge in [0, 0.05) is 31.7 Å². The summed E-state index contributed by atoms with van der Waals surface area (Å²) < 4.78 is 23.2. The number of methoxy groups -OCH3 is 1. The monoisotopic (exact) mass is 533 g/mol. The lowest BCUT2D eigenvalue weighted by molar-refractivity contribution is 0.0376. The largest absolute Gasteiger partial charge is 0.494 e. The average molecular weight is 534 g/mol. The van der Waals surface area contributed by atoms with E-state index in [2.05, 4.69) is 4.90 Å². The Morgan fingerprint density at radius 1 is 1.11 bits per heavy atom. The first kappa shape index (κ1) is 26.5. The number of amides is 1. The van der Waals surface area contributed by atoms with Gasteiger partial charge in [0.2, 0.25) is 0 Å². The molecule has 10 heteroatoms. The summed E-state index contributed by atoms with van der Waals surface area (Å²) in [4.78, 5) is 22.7. The molecule has 36 heavy (non-hydrogen) atoms. The van der Waals surface area contributed by atoms with Crippen LogP contribution >= 0.6 is 22.9 Å². The van der Waals surface area contributed by atoms with Gasteiger partial charge in [0.05, 0.1) is 43.3 Å². The Hall–Kier alpha value is -2.59. The number of nitrogens with zero attached hydrogens (tertiary/aromatic N) is 3. The smallest absolute Gasteiger partial charge is 0.260 e. The highest BCUT2D eigenvalue weighted by molar-refractivity contribution is 7.23. The van der Waals surface area contributed by atoms with Gasteiger partial charge in [-0.05, 0) is 50.6 Å². The average Bonchev–Trinajstić information content (AvgIpc) is 3.34. The first-order valence-corrected chi connectivity index (χ1v) is 13.4. The number of fused-ring (bicyclic) bond motifs is 1. The summed E-state index contributed by atoms with van der Waals surface area (Å²) in [5, 5.41) is 1.16. The van der Waals surface area contributed by atoms with Gasteiger partial charge in [-0.15, -0.1) is 0 Å². The molecule has 1 amide bonds. The molecule has 0 atom stereocenters. The number of carbonyl (C=O) groups excluding carboxylic acids is 1. The van der Waals surface area contributed by atoms with Crippen molar-refractivity contribution in [1.82, 2.24) is 9.88 Å². The van der Waals surface area contributed by atoms with Crippen molar-refractivity contribution in [1.29, 1.82) is 0 Å². The van der Waals surface area contributed by atoms with Crippen molar-refractivity contribution in [2.24, 2.45) is 0 Å². The Morgan fingerprint density at radius 3 is 2.56 bits per heavy atom. The van der Waals surface area contributed by atoms with Crippen LogP contribution in [0.4, 0.5) is 5.13 Å². The lowest BCUT2D eigenvalue weighted by Gasteiger charge is -2.27. The van der Waals surface area contributed by atoms with E-state index in [1.165, 1.54) is 11.3 Å². The Morgan fingerprint density at radius 2 is 1.83 bits per heavy atom. The van der Waals surface area contributed by atoms with Gasteiger partial charge >= 0.3 is 0 Å². The van der Waals surface area contributed by atoms with Gasteiger partial charge in [0.25, 0.3) is 5.91 Å². The second-order valence-corrected chi connectivity index (χ2v) is 9.60. The highest BCUT2D eigenvalue weighted by Crippen LogP contribution is 2.39. The minimum Gasteiger partial charge on any atom is -0.494 e. The fourth-order valence-electron chi connectivity index (χ4n) is 4.12. The molecule has 8 nitrogen and oxygen atoms in total. The lowest BCUT2D eigenvalue weighted by Crippen LogP contribution is -2.39. The zero-order valence-electron chi connectivity index (χ0n) is 20.9. The van der Waals surface area contributed by atoms with Crippen LogP contribution in [0.5, 0.6) is 17.2 Å². The maximum Gasteiger partial charge on any atom is 0.260 e. The molecule has 0 aliphatic carbocycles. The summed E-state index contributed by atoms with van der Waals surface area (Å²) in [5.74, 6) is 1.63. The van der Waals surface area contributed by atoms with Crippen LogP contribution in [0.2, 0.25) is 5.02 Å². The van der Waals surface area contributed by atoms with Crippen molar-refractivity contribution in [3.05, 3.63) is 40.9 Å². The highest BCUT2D eigenvalue weighted by Gasteiger charge is 2.24. The molecule has 1 saturated heterocycles. The Bertz CT molecular complexity index is 1180. The van der Waals surface area contributed by atoms with Crippen LogP contribution in [0, 0.1) is 0 Å². The third-order valence-electron chi connectivity index (χ3n) is 5.89. The van der Waals surface area contributed by atoms with Gasteiger partial charge in [-0.1, -0.05) is 22.9 Å². The van der Waals surface area contributed by atoms with E-state index in [0.717, 1.165) is 44.0 Å². The number of hydrogen-bond acceptors (Lipinski definition) is 8. The van der Waals surface area contributed by atoms with Gasteiger partial charge < -0.3 is 18.9 Å². The zero-order valence-corrected chi connectivity index (χ0v) is 22.5. The lowest BCUT2D eigenvalue weighted by atomic mass is 10.1. The van der Waals surface area contributed by atoms with Crippen molar-refractivity contribution in [2.75, 3.05) is 64.6 Å². The molecular weight excluding hydrogens is 502 g/mol. The van der Waals surface area contributed by atoms with Crippen LogP contribution in [0.15, 0.2) is 30.3 Å². The molecule has 4 rings (SSSR count). The first-order chi connectivity index (χ1) is 17.5. The highest BCUT2D eigenvalue weighted by atomic mass is 35.5. The fourth-order valence-corrected chi connectivity index (χ4v) is 5.40. The molecule has 0 spiro atoms. The van der Waals surface area contributed by atoms with E-state index < -0.39 is 0 Å². The number of rotatable bonds is 11. The van der Waals surface area contributed by atoms with Crippen LogP contribution in [-0.4, -0.2) is 75.5 Å². The summed E-state index contributed by atoms with van der Waals surface area (Å²) in [6, 6.07) is 8.87. The predicted octanol–water partition coefficient (Wildman–Crippen LogP) is 5.12. The first-order valence-electron chi connectivity index (χ1n) is 12.2. The van der Waals surface area contributed by atoms with Crippen LogP contribution in [0.1, 0.15) is 30.6 Å². The summed E-state index contributed by atoms with van der Waals surface area (Å²) in [6.07, 6.45) is 0.794. The molecule has 194 valence electrons. The zero-order chi connectivity index (χ0) is 25.5. The van der Waals surface area contributed by atoms with Gasteiger partial charge in [-0.25, -0.2) is 4.98 Å². The molecule has 0 N–H and O–H groups in total. The van der Waals surface area contributed by atoms with Gasteiger partial charge in [-0.2, -0.15) is 0 Å². The minimum atomic E-state index is -0.157. The van der Waals surface area contributed by atoms with Crippen molar-refractivity contribution in [3.63, 3.8) is 0 Å². The van der Waals surface area contributed by atoms with Gasteiger partial charge in [-0.3, -0.25) is 14.6 Å². The van der Waals surface area contributed by atoms with Crippen LogP contribution < -0.4 is 19.1 Å². The van der Waals surface area contributed by atoms with Crippen molar-refractivity contribution >= 4 is 44.2 Å². The number of ether oxygens (including phenoxy) is 4. The van der Waals surface area contributed by atoms with E-state index >= 15 is 0 Å². The summed E-state index contributed by atoms with van der Waals surface area (Å²) >= 11 is 7.86. The topological polar surface area (TPSA) is 73.4 Å². The molecule has 1 aromatic heterocycles. The Labute approximate surface area is 220 Å². The molecule has 3 aromatic rings. The molecule has 1 fully saturated rings. The Kier molecular flexibility index (Phi) is 9.25. The number of benzene rings is 2. The van der Waals surface area contributed by atoms with E-state index in [9.17, 15) is 4.79 Å². The number of hydrogen-bond donors (Lipinski definition) is 0. The maximum atomic E-state index is 13.9. The number of aromatic nitrogens is 1. The molecule has 0 saturated carbocycles. The summed E-state index contributed by atoms with van der Waals surface area (Å²) in [5.41, 5.74) is 1.16. The van der Waals surface area contributed by atoms with Crippen LogP contribution in [0.25, 0.3) is 10.2 Å². The molecule has 0 bridgehead atoms. The number of morpholine rings is 1. The number of anilines is 1. The third-order valence-corrected chi connectivity index (χ3v) is 7.43. The summed E-state index contributed by atoms with van der Waals surface area (Å²) in [6.45, 7) is 9.46. The standard InChI is InChI=1S/C26H32ClN3O5S/c1-4-34-20-9-7-18(17-22(20)35-5-2)25(31)30(12-6-11-29-13-15-33-16-14-29)26-28-23-21(32-3)10-8-19(27)24(23)36-26/h7-10,17H,4-6,11-16H2,1-3H3. The number of thiazole rings is 1. The minimum absolute atomic E-state index is 0.157. The molecule has 1 aliphatic heterocycles. The van der Waals surface area contributed by atoms with Crippen molar-refractivity contribution in [3.8, 4) is 17.2 Å². The molecular formula is C26H32ClN3O5S. The molecule has 2 aromatic carbocycles. The second-order valence-electron chi connectivity index (χ2n) is 8.22. The van der Waals surface area contributed by atoms with E-state index in [0.29, 0.717) is 58.2 Å². The summed E-state index contributed by atoms with van der Waals surface area (Å²) in [7, 11) is 1.60. The van der Waals surface area contributed by atoms with Crippen LogP contribution in [0.3, 0.4) is 0 Å². The maximum absolute atomic E-state index is 13.9. The van der Waals surface area contributed by atoms with E-state index in [-0.39, 0.29) is 5.91 Å². The van der Waals surface area contributed by atoms with E-state index in [1.54, 1.807) is 42.3 Å². The molecule has 1 aliphatic rings. The number of halogens is 1. The van der Waals surface area contributed by atoms with E-state index in [1.807, 2.05) is 13.8 Å². The van der Waals surface area contributed by atoms with Gasteiger partial charge in [0.15, 0.2) is 16.6 Å². The van der Waals surface area contributed by atoms with Crippen LogP contribution in [-0.2, 0) is 4.74 Å². The van der Waals surface area contributed by atoms with Gasteiger partial charge in [0.1, 0.15) is 11.3 Å². The quantitative estimate of drug-likeness (QED) is 0.338. The van der Waals surface area contributed by atoms with Crippen molar-refractivity contribution in [2.45, 2.75) is 20.3 Å². The molecule has 0 radical (unpaired) electrons. The number of carbonyl (C=O) groups is 1. The molecule has 2 heterocycles. The predicted molar refractivity (Wildman–Crippen MR) is 144 cm³/mol. The fraction of sp³-hybridized carbons (Fsp3) is 0.462. The SMILES string of the molecule is CCOc1ccc(C(=O)N(CCCN2CCOCC2)c2nc3c(OC)ccc(Cl)c3s2)cc1OCC. The molecule has 0 unspecified atom stereocenters. The normalized spacial score (nSPS) is 14.1. The third kappa shape index (κ3) is 6.03. The van der Waals surface area contributed by atoms with E-state index in [4.69, 9.17) is 35.5 Å². The second kappa shape index (κ2) is 12.6.